The van der Waals surface area contributed by atoms with Crippen molar-refractivity contribution in [2.75, 3.05) is 52.3 Å². The number of unbranched alkanes of at least 4 members (excludes halogenated alkanes) is 1. The van der Waals surface area contributed by atoms with Gasteiger partial charge in [0, 0.05) is 19.3 Å². The number of nitrogens with zero attached hydrogens (tertiary/aromatic N) is 1. The second-order valence-corrected chi connectivity index (χ2v) is 13.6. The minimum absolute atomic E-state index is 0.0584. The first kappa shape index (κ1) is 43.5. The van der Waals surface area contributed by atoms with Crippen LogP contribution in [-0.4, -0.2) is 116 Å². The molecule has 5 amide bonds. The van der Waals surface area contributed by atoms with Crippen molar-refractivity contribution in [1.29, 1.82) is 0 Å². The Labute approximate surface area is 310 Å². The first-order valence-corrected chi connectivity index (χ1v) is 18.9. The molecule has 0 saturated carbocycles. The molecule has 0 bridgehead atoms. The molecule has 0 spiro atoms. The van der Waals surface area contributed by atoms with Gasteiger partial charge in [0.2, 0.25) is 29.5 Å². The number of rotatable bonds is 24. The lowest BCUT2D eigenvalue weighted by atomic mass is 10.0. The molecule has 0 fully saturated rings. The van der Waals surface area contributed by atoms with Crippen LogP contribution in [-0.2, 0) is 46.3 Å². The van der Waals surface area contributed by atoms with E-state index in [9.17, 15) is 33.9 Å². The van der Waals surface area contributed by atoms with Crippen molar-refractivity contribution >= 4 is 47.3 Å². The summed E-state index contributed by atoms with van der Waals surface area (Å²) < 4.78 is 5.36. The highest BCUT2D eigenvalue weighted by Crippen LogP contribution is 2.12. The molecule has 52 heavy (non-hydrogen) atoms. The van der Waals surface area contributed by atoms with E-state index in [1.807, 2.05) is 50.4 Å². The number of nitrogens with one attached hydrogen (secondary N) is 5. The van der Waals surface area contributed by atoms with Crippen LogP contribution in [0.4, 0.5) is 0 Å². The van der Waals surface area contributed by atoms with Crippen LogP contribution in [0.15, 0.2) is 54.6 Å². The van der Waals surface area contributed by atoms with Crippen LogP contribution in [0.25, 0.3) is 0 Å². The minimum atomic E-state index is -1.06. The van der Waals surface area contributed by atoms with Gasteiger partial charge in [-0.05, 0) is 75.2 Å². The summed E-state index contributed by atoms with van der Waals surface area (Å²) >= 11 is 1.52. The van der Waals surface area contributed by atoms with Gasteiger partial charge in [-0.3, -0.25) is 24.0 Å². The molecule has 0 heterocycles. The molecule has 2 aromatic carbocycles. The number of hydrogen-bond acceptors (Lipinski definition) is 10. The van der Waals surface area contributed by atoms with Gasteiger partial charge >= 0.3 is 5.97 Å². The van der Waals surface area contributed by atoms with Gasteiger partial charge < -0.3 is 41.3 Å². The number of phenolic OH excluding ortho intramolecular Hbond substituents is 1. The Bertz CT molecular complexity index is 1430. The number of thioether (sulfide) groups is 1. The fourth-order valence-electron chi connectivity index (χ4n) is 4.91. The van der Waals surface area contributed by atoms with Crippen molar-refractivity contribution in [3.63, 3.8) is 0 Å². The molecule has 0 saturated heterocycles. The third kappa shape index (κ3) is 18.0. The van der Waals surface area contributed by atoms with E-state index in [2.05, 4.69) is 26.6 Å². The molecule has 0 radical (unpaired) electrons. The average Bonchev–Trinajstić information content (AvgIpc) is 3.12. The van der Waals surface area contributed by atoms with E-state index in [1.54, 1.807) is 24.3 Å². The standard InChI is InChI=1S/C37H54N6O8S/c1-5-6-20-51-37(50)29(18-21-52-4)42-36(49)31(22-26-11-8-7-9-12-26)41-34(47)25-38-33(46)24-39-35(48)30(23-27-14-16-28(44)17-15-27)40-32(45)13-10-19-43(2)3/h7-9,11-12,14-17,29-31,44H,5-6,10,13,18-25H2,1-4H3,(H,38,46)(H,39,48)(H,40,45)(H,41,47)(H,42,49)/t29-,30-,31-/m0/s1. The first-order valence-electron chi connectivity index (χ1n) is 17.5. The summed E-state index contributed by atoms with van der Waals surface area (Å²) in [6, 6.07) is 12.3. The number of carbonyl (C=O) groups excluding carboxylic acids is 6. The van der Waals surface area contributed by atoms with Gasteiger partial charge in [-0.15, -0.1) is 0 Å². The van der Waals surface area contributed by atoms with Gasteiger partial charge in [-0.25, -0.2) is 4.79 Å². The Balaban J connectivity index is 2.01. The van der Waals surface area contributed by atoms with Crippen molar-refractivity contribution in [3.8, 4) is 5.75 Å². The van der Waals surface area contributed by atoms with Crippen LogP contribution in [0.2, 0.25) is 0 Å². The summed E-state index contributed by atoms with van der Waals surface area (Å²) in [5.41, 5.74) is 1.46. The normalized spacial score (nSPS) is 12.6. The third-order valence-electron chi connectivity index (χ3n) is 7.79. The second kappa shape index (κ2) is 24.5. The largest absolute Gasteiger partial charge is 0.508 e. The topological polar surface area (TPSA) is 195 Å². The van der Waals surface area contributed by atoms with Crippen molar-refractivity contribution in [3.05, 3.63) is 65.7 Å². The number of carbonyl (C=O) groups is 6. The maximum absolute atomic E-state index is 13.5. The quantitative estimate of drug-likeness (QED) is 0.0675. The first-order chi connectivity index (χ1) is 24.9. The van der Waals surface area contributed by atoms with Gasteiger partial charge in [0.05, 0.1) is 19.7 Å². The van der Waals surface area contributed by atoms with E-state index >= 15 is 0 Å². The fourth-order valence-corrected chi connectivity index (χ4v) is 5.38. The van der Waals surface area contributed by atoms with Gasteiger partial charge in [0.25, 0.3) is 0 Å². The second-order valence-electron chi connectivity index (χ2n) is 12.6. The summed E-state index contributed by atoms with van der Waals surface area (Å²) in [4.78, 5) is 79.6. The Kier molecular flexibility index (Phi) is 20.5. The molecule has 0 unspecified atom stereocenters. The Morgan fingerprint density at radius 3 is 2.00 bits per heavy atom. The maximum Gasteiger partial charge on any atom is 0.328 e. The predicted molar refractivity (Wildman–Crippen MR) is 200 cm³/mol. The molecule has 2 aromatic rings. The highest BCUT2D eigenvalue weighted by Gasteiger charge is 2.28. The molecule has 0 aliphatic heterocycles. The summed E-state index contributed by atoms with van der Waals surface area (Å²) in [5, 5.41) is 22.7. The molecule has 286 valence electrons. The number of hydrogen-bond donors (Lipinski definition) is 6. The molecule has 14 nitrogen and oxygen atoms in total. The summed E-state index contributed by atoms with van der Waals surface area (Å²) in [5.74, 6) is -2.69. The molecular weight excluding hydrogens is 689 g/mol. The molecule has 0 aliphatic carbocycles. The van der Waals surface area contributed by atoms with Crippen LogP contribution in [0.5, 0.6) is 5.75 Å². The van der Waals surface area contributed by atoms with Crippen molar-refractivity contribution in [2.24, 2.45) is 0 Å². The highest BCUT2D eigenvalue weighted by atomic mass is 32.2. The molecule has 0 aromatic heterocycles. The Morgan fingerprint density at radius 1 is 0.750 bits per heavy atom. The van der Waals surface area contributed by atoms with E-state index in [-0.39, 0.29) is 37.5 Å². The lowest BCUT2D eigenvalue weighted by Gasteiger charge is -2.23. The Morgan fingerprint density at radius 2 is 1.37 bits per heavy atom. The number of benzene rings is 2. The number of phenols is 1. The highest BCUT2D eigenvalue weighted by molar-refractivity contribution is 7.98. The smallest absolute Gasteiger partial charge is 0.328 e. The zero-order valence-corrected chi connectivity index (χ0v) is 31.4. The lowest BCUT2D eigenvalue weighted by Crippen LogP contribution is -2.54. The van der Waals surface area contributed by atoms with E-state index in [1.165, 1.54) is 23.9 Å². The fraction of sp³-hybridized carbons (Fsp3) is 0.514. The van der Waals surface area contributed by atoms with Gasteiger partial charge in [0.15, 0.2) is 0 Å². The van der Waals surface area contributed by atoms with E-state index < -0.39 is 60.8 Å². The van der Waals surface area contributed by atoms with Crippen molar-refractivity contribution < 1.29 is 38.6 Å². The zero-order valence-electron chi connectivity index (χ0n) is 30.6. The van der Waals surface area contributed by atoms with Crippen LogP contribution in [0, 0.1) is 0 Å². The minimum Gasteiger partial charge on any atom is -0.508 e. The molecule has 15 heteroatoms. The molecular formula is C37H54N6O8S. The van der Waals surface area contributed by atoms with Gasteiger partial charge in [0.1, 0.15) is 23.9 Å². The lowest BCUT2D eigenvalue weighted by molar-refractivity contribution is -0.148. The van der Waals surface area contributed by atoms with E-state index in [0.717, 1.165) is 12.0 Å². The Hall–Kier alpha value is -4.63. The molecule has 2 rings (SSSR count). The van der Waals surface area contributed by atoms with Crippen molar-refractivity contribution in [1.82, 2.24) is 31.5 Å². The van der Waals surface area contributed by atoms with Gasteiger partial charge in [-0.2, -0.15) is 11.8 Å². The number of aromatic hydroxyl groups is 1. The number of amides is 5. The number of esters is 1. The van der Waals surface area contributed by atoms with Crippen LogP contribution >= 0.6 is 11.8 Å². The number of ether oxygens (including phenoxy) is 1. The van der Waals surface area contributed by atoms with E-state index in [4.69, 9.17) is 4.74 Å². The SMILES string of the molecule is CCCCOC(=O)[C@H](CCSC)NC(=O)[C@H](Cc1ccccc1)NC(=O)CNC(=O)CNC(=O)[C@H](Cc1ccc(O)cc1)NC(=O)CCCN(C)C. The maximum atomic E-state index is 13.5. The third-order valence-corrected chi connectivity index (χ3v) is 8.44. The summed E-state index contributed by atoms with van der Waals surface area (Å²) in [6.07, 6.45) is 4.84. The van der Waals surface area contributed by atoms with Gasteiger partial charge in [-0.1, -0.05) is 55.8 Å². The van der Waals surface area contributed by atoms with E-state index in [0.29, 0.717) is 37.1 Å². The molecule has 3 atom stereocenters. The van der Waals surface area contributed by atoms with Crippen LogP contribution in [0.3, 0.4) is 0 Å². The van der Waals surface area contributed by atoms with Crippen molar-refractivity contribution in [2.45, 2.75) is 70.0 Å². The average molecular weight is 743 g/mol. The monoisotopic (exact) mass is 742 g/mol. The van der Waals surface area contributed by atoms with Crippen LogP contribution in [0.1, 0.15) is 50.2 Å². The summed E-state index contributed by atoms with van der Waals surface area (Å²) in [6.45, 7) is 1.96. The molecule has 0 aliphatic rings. The predicted octanol–water partition coefficient (Wildman–Crippen LogP) is 1.30. The summed E-state index contributed by atoms with van der Waals surface area (Å²) in [7, 11) is 3.79. The zero-order chi connectivity index (χ0) is 38.3. The molecule has 6 N–H and O–H groups in total. The van der Waals surface area contributed by atoms with Crippen LogP contribution < -0.4 is 26.6 Å².